The topological polar surface area (TPSA) is 38.0 Å². The van der Waals surface area contributed by atoms with Crippen molar-refractivity contribution < 1.29 is 0 Å². The molecule has 3 N–H and O–H groups in total. The molecule has 3 atom stereocenters. The lowest BCUT2D eigenvalue weighted by Gasteiger charge is -2.20. The molecule has 0 radical (unpaired) electrons. The van der Waals surface area contributed by atoms with Crippen LogP contribution in [0.2, 0.25) is 0 Å². The van der Waals surface area contributed by atoms with Gasteiger partial charge in [0.1, 0.15) is 0 Å². The predicted octanol–water partition coefficient (Wildman–Crippen LogP) is 3.48. The molecule has 0 amide bonds. The maximum atomic E-state index is 6.21. The summed E-state index contributed by atoms with van der Waals surface area (Å²) in [6.07, 6.45) is 0.983. The Morgan fingerprint density at radius 1 is 1.00 bits per heavy atom. The summed E-state index contributed by atoms with van der Waals surface area (Å²) in [6, 6.07) is 19.9. The van der Waals surface area contributed by atoms with E-state index in [1.165, 1.54) is 16.7 Å². The van der Waals surface area contributed by atoms with Crippen molar-refractivity contribution in [3.63, 3.8) is 0 Å². The minimum absolute atomic E-state index is 0.164. The first-order valence-electron chi connectivity index (χ1n) is 6.91. The smallest absolute Gasteiger partial charge is 0.0347 e. The van der Waals surface area contributed by atoms with E-state index < -0.39 is 0 Å². The number of hydrogen-bond acceptors (Lipinski definition) is 2. The first-order chi connectivity index (χ1) is 9.25. The number of benzene rings is 2. The molecule has 0 bridgehead atoms. The van der Waals surface area contributed by atoms with Crippen LogP contribution in [0.15, 0.2) is 54.6 Å². The van der Waals surface area contributed by atoms with Crippen molar-refractivity contribution in [2.45, 2.75) is 31.5 Å². The molecular formula is C17H20N2. The van der Waals surface area contributed by atoms with Gasteiger partial charge in [-0.1, -0.05) is 54.6 Å². The van der Waals surface area contributed by atoms with Crippen LogP contribution in [0, 0.1) is 0 Å². The van der Waals surface area contributed by atoms with Gasteiger partial charge in [0.25, 0.3) is 0 Å². The van der Waals surface area contributed by atoms with Crippen LogP contribution >= 0.6 is 0 Å². The first kappa shape index (κ1) is 12.4. The summed E-state index contributed by atoms with van der Waals surface area (Å²) in [7, 11) is 0. The van der Waals surface area contributed by atoms with E-state index >= 15 is 0 Å². The van der Waals surface area contributed by atoms with Gasteiger partial charge in [-0.25, -0.2) is 0 Å². The molecule has 0 fully saturated rings. The Hall–Kier alpha value is -1.64. The molecule has 19 heavy (non-hydrogen) atoms. The Labute approximate surface area is 114 Å². The van der Waals surface area contributed by atoms with Crippen molar-refractivity contribution in [1.82, 2.24) is 5.32 Å². The number of rotatable bonds is 3. The maximum Gasteiger partial charge on any atom is 0.0347 e. The third-order valence-electron chi connectivity index (χ3n) is 4.01. The lowest BCUT2D eigenvalue weighted by Crippen LogP contribution is -2.23. The molecule has 2 heteroatoms. The van der Waals surface area contributed by atoms with Crippen LogP contribution in [0.1, 0.15) is 48.2 Å². The van der Waals surface area contributed by atoms with E-state index in [0.29, 0.717) is 12.1 Å². The summed E-state index contributed by atoms with van der Waals surface area (Å²) in [5.74, 6) is 0. The molecule has 3 rings (SSSR count). The molecular weight excluding hydrogens is 232 g/mol. The first-order valence-corrected chi connectivity index (χ1v) is 6.91. The van der Waals surface area contributed by atoms with Gasteiger partial charge < -0.3 is 11.1 Å². The Morgan fingerprint density at radius 2 is 1.63 bits per heavy atom. The summed E-state index contributed by atoms with van der Waals surface area (Å²) in [5.41, 5.74) is 10.2. The molecule has 1 aliphatic carbocycles. The van der Waals surface area contributed by atoms with Crippen molar-refractivity contribution in [1.29, 1.82) is 0 Å². The second kappa shape index (κ2) is 5.16. The SMILES string of the molecule is C[C@H](NC1CC(N)c2ccccc21)c1ccccc1. The minimum Gasteiger partial charge on any atom is -0.324 e. The van der Waals surface area contributed by atoms with Gasteiger partial charge in [-0.3, -0.25) is 0 Å². The molecule has 2 aromatic rings. The number of nitrogens with two attached hydrogens (primary N) is 1. The van der Waals surface area contributed by atoms with Crippen molar-refractivity contribution in [3.8, 4) is 0 Å². The van der Waals surface area contributed by atoms with Crippen molar-refractivity contribution in [2.75, 3.05) is 0 Å². The van der Waals surface area contributed by atoms with Gasteiger partial charge in [-0.2, -0.15) is 0 Å². The maximum absolute atomic E-state index is 6.21. The fourth-order valence-electron chi connectivity index (χ4n) is 2.97. The summed E-state index contributed by atoms with van der Waals surface area (Å²) in [5, 5.41) is 3.70. The van der Waals surface area contributed by atoms with Crippen LogP contribution < -0.4 is 11.1 Å². The third-order valence-corrected chi connectivity index (χ3v) is 4.01. The minimum atomic E-state index is 0.164. The Morgan fingerprint density at radius 3 is 2.37 bits per heavy atom. The van der Waals surface area contributed by atoms with Gasteiger partial charge >= 0.3 is 0 Å². The zero-order valence-electron chi connectivity index (χ0n) is 11.2. The predicted molar refractivity (Wildman–Crippen MR) is 78.7 cm³/mol. The van der Waals surface area contributed by atoms with E-state index in [1.54, 1.807) is 0 Å². The average Bonchev–Trinajstić information content (AvgIpc) is 2.77. The Bertz CT molecular complexity index is 550. The molecule has 98 valence electrons. The highest BCUT2D eigenvalue weighted by molar-refractivity contribution is 5.37. The molecule has 0 saturated carbocycles. The van der Waals surface area contributed by atoms with E-state index in [9.17, 15) is 0 Å². The van der Waals surface area contributed by atoms with Crippen LogP contribution in [-0.4, -0.2) is 0 Å². The van der Waals surface area contributed by atoms with Crippen LogP contribution in [0.25, 0.3) is 0 Å². The standard InChI is InChI=1S/C17H20N2/c1-12(13-7-3-2-4-8-13)19-17-11-16(18)14-9-5-6-10-15(14)17/h2-10,12,16-17,19H,11,18H2,1H3/t12-,16?,17?/m0/s1. The van der Waals surface area contributed by atoms with Crippen LogP contribution in [-0.2, 0) is 0 Å². The highest BCUT2D eigenvalue weighted by Gasteiger charge is 2.28. The second-order valence-electron chi connectivity index (χ2n) is 5.32. The number of fused-ring (bicyclic) bond motifs is 1. The van der Waals surface area contributed by atoms with E-state index in [1.807, 2.05) is 0 Å². The normalized spacial score (nSPS) is 23.1. The summed E-state index contributed by atoms with van der Waals surface area (Å²) >= 11 is 0. The molecule has 0 spiro atoms. The van der Waals surface area contributed by atoms with Crippen molar-refractivity contribution in [2.24, 2.45) is 5.73 Å². The van der Waals surface area contributed by atoms with E-state index in [-0.39, 0.29) is 6.04 Å². The highest BCUT2D eigenvalue weighted by Crippen LogP contribution is 2.38. The zero-order chi connectivity index (χ0) is 13.2. The molecule has 1 aliphatic rings. The fourth-order valence-corrected chi connectivity index (χ4v) is 2.97. The van der Waals surface area contributed by atoms with Gasteiger partial charge in [0.15, 0.2) is 0 Å². The van der Waals surface area contributed by atoms with Crippen LogP contribution in [0.5, 0.6) is 0 Å². The lowest BCUT2D eigenvalue weighted by molar-refractivity contribution is 0.446. The van der Waals surface area contributed by atoms with E-state index in [2.05, 4.69) is 66.8 Å². The largest absolute Gasteiger partial charge is 0.324 e. The van der Waals surface area contributed by atoms with E-state index in [4.69, 9.17) is 5.73 Å². The molecule has 2 unspecified atom stereocenters. The van der Waals surface area contributed by atoms with Gasteiger partial charge in [-0.05, 0) is 30.0 Å². The highest BCUT2D eigenvalue weighted by atomic mass is 15.0. The summed E-state index contributed by atoms with van der Waals surface area (Å²) < 4.78 is 0. The molecule has 0 aromatic heterocycles. The lowest BCUT2D eigenvalue weighted by atomic mass is 10.0. The summed E-state index contributed by atoms with van der Waals surface area (Å²) in [6.45, 7) is 2.21. The zero-order valence-corrected chi connectivity index (χ0v) is 11.2. The molecule has 0 saturated heterocycles. The quantitative estimate of drug-likeness (QED) is 0.877. The second-order valence-corrected chi connectivity index (χ2v) is 5.32. The van der Waals surface area contributed by atoms with Crippen molar-refractivity contribution >= 4 is 0 Å². The Kier molecular flexibility index (Phi) is 3.36. The Balaban J connectivity index is 1.79. The summed E-state index contributed by atoms with van der Waals surface area (Å²) in [4.78, 5) is 0. The molecule has 2 aromatic carbocycles. The van der Waals surface area contributed by atoms with Gasteiger partial charge in [0.05, 0.1) is 0 Å². The van der Waals surface area contributed by atoms with Crippen LogP contribution in [0.4, 0.5) is 0 Å². The van der Waals surface area contributed by atoms with E-state index in [0.717, 1.165) is 6.42 Å². The van der Waals surface area contributed by atoms with Crippen LogP contribution in [0.3, 0.4) is 0 Å². The molecule has 0 heterocycles. The van der Waals surface area contributed by atoms with Gasteiger partial charge in [0.2, 0.25) is 0 Å². The monoisotopic (exact) mass is 252 g/mol. The fraction of sp³-hybridized carbons (Fsp3) is 0.294. The molecule has 0 aliphatic heterocycles. The molecule has 2 nitrogen and oxygen atoms in total. The third kappa shape index (κ3) is 2.42. The van der Waals surface area contributed by atoms with Gasteiger partial charge in [0, 0.05) is 18.1 Å². The number of nitrogens with one attached hydrogen (secondary N) is 1. The average molecular weight is 252 g/mol. The van der Waals surface area contributed by atoms with Crippen molar-refractivity contribution in [3.05, 3.63) is 71.3 Å². The number of hydrogen-bond donors (Lipinski definition) is 2. The van der Waals surface area contributed by atoms with Gasteiger partial charge in [-0.15, -0.1) is 0 Å².